The van der Waals surface area contributed by atoms with Crippen molar-refractivity contribution in [1.82, 2.24) is 30.4 Å². The first kappa shape index (κ1) is 69.1. The number of carbonyl (C=O) groups is 7. The van der Waals surface area contributed by atoms with Gasteiger partial charge in [-0.25, -0.2) is 49.9 Å². The van der Waals surface area contributed by atoms with Crippen LogP contribution in [0.2, 0.25) is 10.0 Å². The number of benzene rings is 4. The Balaban J connectivity index is 0.000000209. The Morgan fingerprint density at radius 1 is 0.604 bits per heavy atom. The van der Waals surface area contributed by atoms with E-state index in [2.05, 4.69) is 20.6 Å². The predicted octanol–water partition coefficient (Wildman–Crippen LogP) is 10.3. The lowest BCUT2D eigenvalue weighted by atomic mass is 9.87. The quantitative estimate of drug-likeness (QED) is 0.0910. The molecule has 0 unspecified atom stereocenters. The number of nitrogens with one attached hydrogen (secondary N) is 2. The summed E-state index contributed by atoms with van der Waals surface area (Å²) in [5, 5.41) is 24.0. The van der Waals surface area contributed by atoms with E-state index in [4.69, 9.17) is 27.9 Å². The maximum atomic E-state index is 15.0. The van der Waals surface area contributed by atoms with E-state index in [9.17, 15) is 74.4 Å². The molecule has 6 aromatic rings. The molecule has 3 saturated carbocycles. The standard InChI is InChI=1S/C34H31ClF4N6O5.C32H27ClF4N6O3/c1-33(2,3)50-32(49)43-17-26(45(28(46)18-43)27-10-19(16-40)8-9-41-27)31(48)44(23-12-20(36)11-21(37)13-23)29(24-6-4-5-7-25(24)35)30(47)42-22-14-34(38,39)15-22;33-25-4-2-1-3-24(25)29(30(45)40-21-13-32(36,37)14-21)42(23-11-19(34)10-20(35)12-23)31(46)26-16-41(22-5-6-22)17-28(44)43(26)27-9-18(15-38)7-8-39-27/h4-13,22,26,29H,14-15,17-18H2,1-3H3,(H,42,47);1-4,7-12,21-22,26,29H,5-6,13-14,16-17H2,(H,40,45)/t2*26-,29-/m00/s1. The van der Waals surface area contributed by atoms with Crippen molar-refractivity contribution in [3.63, 3.8) is 0 Å². The van der Waals surface area contributed by atoms with Crippen molar-refractivity contribution < 1.29 is 73.4 Å². The Labute approximate surface area is 553 Å². The smallest absolute Gasteiger partial charge is 0.410 e. The molecule has 5 fully saturated rings. The van der Waals surface area contributed by atoms with Gasteiger partial charge in [0.2, 0.25) is 23.6 Å². The van der Waals surface area contributed by atoms with Crippen LogP contribution in [0.1, 0.15) is 93.6 Å². The highest BCUT2D eigenvalue weighted by atomic mass is 35.5. The van der Waals surface area contributed by atoms with Crippen molar-refractivity contribution in [2.45, 2.75) is 119 Å². The van der Waals surface area contributed by atoms with Gasteiger partial charge in [-0.3, -0.25) is 58.2 Å². The molecule has 4 heterocycles. The average Bonchev–Trinajstić information content (AvgIpc) is 0.959. The van der Waals surface area contributed by atoms with E-state index >= 15 is 4.79 Å². The van der Waals surface area contributed by atoms with Gasteiger partial charge in [0.05, 0.1) is 47.7 Å². The van der Waals surface area contributed by atoms with Crippen LogP contribution >= 0.6 is 23.2 Å². The van der Waals surface area contributed by atoms with Crippen molar-refractivity contribution in [3.05, 3.63) is 177 Å². The minimum absolute atomic E-state index is 0.00124. The van der Waals surface area contributed by atoms with E-state index in [-0.39, 0.29) is 68.8 Å². The van der Waals surface area contributed by atoms with Crippen LogP contribution in [0.3, 0.4) is 0 Å². The number of pyridine rings is 2. The minimum atomic E-state index is -3.03. The molecule has 7 amide bonds. The highest BCUT2D eigenvalue weighted by molar-refractivity contribution is 6.32. The van der Waals surface area contributed by atoms with Crippen molar-refractivity contribution >= 4 is 87.7 Å². The van der Waals surface area contributed by atoms with Crippen LogP contribution in [-0.2, 0) is 33.5 Å². The summed E-state index contributed by atoms with van der Waals surface area (Å²) in [5.74, 6) is -15.9. The molecule has 2 aliphatic heterocycles. The third-order valence-electron chi connectivity index (χ3n) is 16.2. The lowest BCUT2D eigenvalue weighted by Gasteiger charge is -2.43. The Morgan fingerprint density at radius 3 is 1.38 bits per heavy atom. The van der Waals surface area contributed by atoms with Gasteiger partial charge in [0.25, 0.3) is 23.7 Å². The topological polar surface area (TPSA) is 246 Å². The highest BCUT2D eigenvalue weighted by Gasteiger charge is 2.52. The Kier molecular flexibility index (Phi) is 20.1. The second kappa shape index (κ2) is 27.9. The van der Waals surface area contributed by atoms with Gasteiger partial charge in [0.15, 0.2) is 0 Å². The summed E-state index contributed by atoms with van der Waals surface area (Å²) in [6.07, 6.45) is 0.535. The monoisotopic (exact) mass is 1370 g/mol. The SMILES string of the molecule is CC(C)(C)OC(=O)N1CC(=O)N(c2cc(C#N)ccn2)[C@H](C(=O)N(c2cc(F)cc(F)c2)[C@H](C(=O)NC2CC(F)(F)C2)c2ccccc2Cl)C1.N#Cc1ccnc(N2C(=O)CN(C3CC3)C[C@H]2C(=O)N(c2cc(F)cc(F)c2)[C@H](C(=O)NC2CC(F)(F)C2)c2ccccc2Cl)c1. The molecule has 4 atom stereocenters. The predicted molar refractivity (Wildman–Crippen MR) is 331 cm³/mol. The summed E-state index contributed by atoms with van der Waals surface area (Å²) >= 11 is 13.1. The Hall–Kier alpha value is -9.77. The fourth-order valence-electron chi connectivity index (χ4n) is 11.7. The van der Waals surface area contributed by atoms with Crippen LogP contribution in [0.5, 0.6) is 0 Å². The molecule has 0 spiro atoms. The number of anilines is 4. The number of hydrogen-bond donors (Lipinski definition) is 2. The molecule has 2 aromatic heterocycles. The van der Waals surface area contributed by atoms with Gasteiger partial charge in [0, 0.05) is 96.1 Å². The molecule has 2 N–H and O–H groups in total. The number of rotatable bonds is 15. The van der Waals surface area contributed by atoms with E-state index in [0.717, 1.165) is 56.7 Å². The number of alkyl halides is 4. The summed E-state index contributed by atoms with van der Waals surface area (Å²) in [5.41, 5.74) is -1.61. The zero-order valence-corrected chi connectivity index (χ0v) is 52.7. The van der Waals surface area contributed by atoms with Crippen LogP contribution in [0, 0.1) is 45.9 Å². The largest absolute Gasteiger partial charge is 0.444 e. The van der Waals surface area contributed by atoms with Crippen molar-refractivity contribution in [3.8, 4) is 12.1 Å². The minimum Gasteiger partial charge on any atom is -0.444 e. The van der Waals surface area contributed by atoms with Gasteiger partial charge in [-0.2, -0.15) is 10.5 Å². The van der Waals surface area contributed by atoms with Crippen LogP contribution in [-0.4, -0.2) is 135 Å². The van der Waals surface area contributed by atoms with Crippen molar-refractivity contribution in [2.75, 3.05) is 45.8 Å². The van der Waals surface area contributed by atoms with E-state index < -0.39 is 163 Å². The molecule has 96 heavy (non-hydrogen) atoms. The fraction of sp³-hybridized carbons (Fsp3) is 0.348. The zero-order chi connectivity index (χ0) is 69.3. The van der Waals surface area contributed by atoms with E-state index in [0.29, 0.717) is 17.0 Å². The number of amides is 7. The van der Waals surface area contributed by atoms with Crippen molar-refractivity contribution in [1.29, 1.82) is 10.5 Å². The summed E-state index contributed by atoms with van der Waals surface area (Å²) < 4.78 is 120. The van der Waals surface area contributed by atoms with Crippen LogP contribution in [0.15, 0.2) is 122 Å². The summed E-state index contributed by atoms with van der Waals surface area (Å²) in [7, 11) is 0. The molecule has 30 heteroatoms. The van der Waals surface area contributed by atoms with E-state index in [1.807, 2.05) is 17.0 Å². The van der Waals surface area contributed by atoms with Crippen LogP contribution in [0.4, 0.5) is 62.9 Å². The number of piperazine rings is 2. The molecule has 0 radical (unpaired) electrons. The molecule has 20 nitrogen and oxygen atoms in total. The lowest BCUT2D eigenvalue weighted by molar-refractivity contribution is -0.134. The second-order valence-corrected chi connectivity index (χ2v) is 25.4. The lowest BCUT2D eigenvalue weighted by Crippen LogP contribution is -2.65. The number of carbonyl (C=O) groups excluding carboxylic acids is 7. The molecule has 2 saturated heterocycles. The highest BCUT2D eigenvalue weighted by Crippen LogP contribution is 2.43. The Bertz CT molecular complexity index is 4100. The Morgan fingerprint density at radius 2 is 1.00 bits per heavy atom. The normalized spacial score (nSPS) is 19.2. The third kappa shape index (κ3) is 15.8. The number of halogens is 10. The van der Waals surface area contributed by atoms with Gasteiger partial charge in [-0.15, -0.1) is 0 Å². The summed E-state index contributed by atoms with van der Waals surface area (Å²) in [4.78, 5) is 114. The van der Waals surface area contributed by atoms with Crippen molar-refractivity contribution in [2.24, 2.45) is 0 Å². The van der Waals surface area contributed by atoms with E-state index in [1.165, 1.54) is 79.1 Å². The first-order valence-electron chi connectivity index (χ1n) is 29.9. The third-order valence-corrected chi connectivity index (χ3v) is 16.9. The van der Waals surface area contributed by atoms with Crippen LogP contribution in [0.25, 0.3) is 0 Å². The van der Waals surface area contributed by atoms with Gasteiger partial charge >= 0.3 is 6.09 Å². The first-order valence-corrected chi connectivity index (χ1v) is 30.7. The molecule has 0 bridgehead atoms. The molecule has 11 rings (SSSR count). The molecule has 5 aliphatic rings. The fourth-order valence-corrected chi connectivity index (χ4v) is 12.2. The van der Waals surface area contributed by atoms with Gasteiger partial charge < -0.3 is 15.4 Å². The summed E-state index contributed by atoms with van der Waals surface area (Å²) in [6.45, 7) is 3.56. The number of ether oxygens (including phenoxy) is 1. The molecular weight excluding hydrogens is 1310 g/mol. The molecule has 4 aromatic carbocycles. The number of nitrogens with zero attached hydrogens (tertiary/aromatic N) is 10. The maximum absolute atomic E-state index is 15.0. The maximum Gasteiger partial charge on any atom is 0.410 e. The average molecular weight is 1370 g/mol. The van der Waals surface area contributed by atoms with Crippen LogP contribution < -0.4 is 30.2 Å². The number of hydrogen-bond acceptors (Lipinski definition) is 13. The zero-order valence-electron chi connectivity index (χ0n) is 51.2. The molecule has 3 aliphatic carbocycles. The van der Waals surface area contributed by atoms with Gasteiger partial charge in [-0.05, 0) is 94.3 Å². The summed E-state index contributed by atoms with van der Waals surface area (Å²) in [6, 6.07) is 16.8. The van der Waals surface area contributed by atoms with Gasteiger partial charge in [-0.1, -0.05) is 59.6 Å². The van der Waals surface area contributed by atoms with Gasteiger partial charge in [0.1, 0.15) is 71.2 Å². The number of aromatic nitrogens is 2. The first-order chi connectivity index (χ1) is 45.4. The van der Waals surface area contributed by atoms with E-state index in [1.54, 1.807) is 26.8 Å². The molecule has 500 valence electrons. The molecular formula is C66H58Cl2F8N12O8. The number of nitriles is 2. The second-order valence-electron chi connectivity index (χ2n) is 24.6.